The van der Waals surface area contributed by atoms with Gasteiger partial charge < -0.3 is 19.1 Å². The fourth-order valence-electron chi connectivity index (χ4n) is 2.76. The molecular formula is C19H25NO5. The van der Waals surface area contributed by atoms with Crippen molar-refractivity contribution in [3.05, 3.63) is 29.8 Å². The van der Waals surface area contributed by atoms with Crippen LogP contribution in [0.3, 0.4) is 0 Å². The van der Waals surface area contributed by atoms with Gasteiger partial charge in [0, 0.05) is 18.2 Å². The van der Waals surface area contributed by atoms with Gasteiger partial charge in [0.15, 0.2) is 17.6 Å². The van der Waals surface area contributed by atoms with E-state index in [9.17, 15) is 9.59 Å². The molecule has 6 nitrogen and oxygen atoms in total. The Morgan fingerprint density at radius 1 is 1.08 bits per heavy atom. The highest BCUT2D eigenvalue weighted by Gasteiger charge is 2.27. The number of ether oxygens (including phenoxy) is 3. The van der Waals surface area contributed by atoms with Crippen LogP contribution in [0.4, 0.5) is 0 Å². The zero-order valence-corrected chi connectivity index (χ0v) is 15.3. The van der Waals surface area contributed by atoms with E-state index >= 15 is 0 Å². The van der Waals surface area contributed by atoms with E-state index in [1.54, 1.807) is 30.0 Å². The highest BCUT2D eigenvalue weighted by molar-refractivity contribution is 5.90. The molecule has 1 unspecified atom stereocenters. The van der Waals surface area contributed by atoms with Crippen LogP contribution in [0, 0.1) is 0 Å². The Hall–Kier alpha value is -2.50. The third kappa shape index (κ3) is 4.75. The normalized spacial score (nSPS) is 14.2. The van der Waals surface area contributed by atoms with Gasteiger partial charge in [-0.3, -0.25) is 4.79 Å². The van der Waals surface area contributed by atoms with E-state index in [1.165, 1.54) is 6.08 Å². The molecule has 136 valence electrons. The Kier molecular flexibility index (Phi) is 6.07. The molecule has 0 aliphatic carbocycles. The smallest absolute Gasteiger partial charge is 0.331 e. The number of hydrogen-bond acceptors (Lipinski definition) is 5. The average molecular weight is 347 g/mol. The van der Waals surface area contributed by atoms with Gasteiger partial charge in [-0.2, -0.15) is 0 Å². The Labute approximate surface area is 148 Å². The van der Waals surface area contributed by atoms with Crippen molar-refractivity contribution in [2.24, 2.45) is 0 Å². The zero-order valence-electron chi connectivity index (χ0n) is 15.3. The van der Waals surface area contributed by atoms with Crippen molar-refractivity contribution < 1.29 is 23.8 Å². The molecule has 0 bridgehead atoms. The molecule has 0 fully saturated rings. The van der Waals surface area contributed by atoms with Gasteiger partial charge in [-0.05, 0) is 58.4 Å². The van der Waals surface area contributed by atoms with Gasteiger partial charge in [0.25, 0.3) is 5.91 Å². The Morgan fingerprint density at radius 3 is 2.36 bits per heavy atom. The molecule has 0 N–H and O–H groups in total. The molecule has 1 aliphatic rings. The first-order chi connectivity index (χ1) is 11.8. The predicted octanol–water partition coefficient (Wildman–Crippen LogP) is 3.01. The Balaban J connectivity index is 1.96. The van der Waals surface area contributed by atoms with Crippen molar-refractivity contribution in [1.29, 1.82) is 0 Å². The molecule has 0 aromatic heterocycles. The van der Waals surface area contributed by atoms with Gasteiger partial charge in [-0.15, -0.1) is 0 Å². The molecule has 6 heteroatoms. The number of esters is 1. The lowest BCUT2D eigenvalue weighted by molar-refractivity contribution is -0.157. The van der Waals surface area contributed by atoms with Gasteiger partial charge in [0.2, 0.25) is 6.79 Å². The van der Waals surface area contributed by atoms with Crippen LogP contribution in [0.2, 0.25) is 0 Å². The molecule has 1 aromatic rings. The lowest BCUT2D eigenvalue weighted by Gasteiger charge is -2.32. The first-order valence-corrected chi connectivity index (χ1v) is 8.40. The standard InChI is InChI=1S/C19H25NO5/c1-12(2)20(13(3)4)19(22)14(5)25-18(21)9-7-15-6-8-16-17(10-15)24-11-23-16/h6-10,12-14H,11H2,1-5H3/b9-7+. The molecule has 0 radical (unpaired) electrons. The number of carbonyl (C=O) groups excluding carboxylic acids is 2. The number of carbonyl (C=O) groups is 2. The first kappa shape index (κ1) is 18.8. The summed E-state index contributed by atoms with van der Waals surface area (Å²) in [5, 5.41) is 0. The second-order valence-electron chi connectivity index (χ2n) is 6.46. The molecule has 1 aliphatic heterocycles. The fourth-order valence-corrected chi connectivity index (χ4v) is 2.76. The van der Waals surface area contributed by atoms with Crippen LogP contribution in [0.25, 0.3) is 6.08 Å². The molecule has 0 saturated carbocycles. The number of rotatable bonds is 6. The summed E-state index contributed by atoms with van der Waals surface area (Å²) in [6, 6.07) is 5.45. The first-order valence-electron chi connectivity index (χ1n) is 8.40. The second-order valence-corrected chi connectivity index (χ2v) is 6.46. The summed E-state index contributed by atoms with van der Waals surface area (Å²) >= 11 is 0. The van der Waals surface area contributed by atoms with Crippen molar-refractivity contribution in [2.75, 3.05) is 6.79 Å². The molecule has 25 heavy (non-hydrogen) atoms. The van der Waals surface area contributed by atoms with E-state index in [1.807, 2.05) is 33.8 Å². The van der Waals surface area contributed by atoms with Gasteiger partial charge in [0.1, 0.15) is 0 Å². The van der Waals surface area contributed by atoms with E-state index in [0.717, 1.165) is 5.56 Å². The number of benzene rings is 1. The molecule has 2 rings (SSSR count). The molecule has 0 spiro atoms. The van der Waals surface area contributed by atoms with Crippen molar-refractivity contribution in [2.45, 2.75) is 52.8 Å². The van der Waals surface area contributed by atoms with E-state index < -0.39 is 12.1 Å². The minimum atomic E-state index is -0.835. The Bertz CT molecular complexity index is 658. The van der Waals surface area contributed by atoms with E-state index in [0.29, 0.717) is 11.5 Å². The van der Waals surface area contributed by atoms with Gasteiger partial charge in [-0.1, -0.05) is 6.07 Å². The summed E-state index contributed by atoms with van der Waals surface area (Å²) in [5.74, 6) is 0.561. The maximum atomic E-state index is 12.5. The molecule has 1 aromatic carbocycles. The number of nitrogens with zero attached hydrogens (tertiary/aromatic N) is 1. The van der Waals surface area contributed by atoms with Crippen molar-refractivity contribution >= 4 is 18.0 Å². The third-order valence-electron chi connectivity index (χ3n) is 3.82. The number of fused-ring (bicyclic) bond motifs is 1. The zero-order chi connectivity index (χ0) is 18.6. The third-order valence-corrected chi connectivity index (χ3v) is 3.82. The molecule has 1 amide bonds. The maximum Gasteiger partial charge on any atom is 0.331 e. The summed E-state index contributed by atoms with van der Waals surface area (Å²) in [7, 11) is 0. The van der Waals surface area contributed by atoms with Crippen molar-refractivity contribution in [3.63, 3.8) is 0 Å². The molecule has 1 heterocycles. The van der Waals surface area contributed by atoms with Crippen LogP contribution in [-0.4, -0.2) is 41.8 Å². The highest BCUT2D eigenvalue weighted by Crippen LogP contribution is 2.32. The lowest BCUT2D eigenvalue weighted by atomic mass is 10.2. The van der Waals surface area contributed by atoms with Crippen LogP contribution in [-0.2, 0) is 14.3 Å². The van der Waals surface area contributed by atoms with Crippen LogP contribution in [0.15, 0.2) is 24.3 Å². The van der Waals surface area contributed by atoms with Gasteiger partial charge in [0.05, 0.1) is 0 Å². The van der Waals surface area contributed by atoms with Crippen LogP contribution >= 0.6 is 0 Å². The average Bonchev–Trinajstić information content (AvgIpc) is 2.99. The van der Waals surface area contributed by atoms with Crippen molar-refractivity contribution in [1.82, 2.24) is 4.90 Å². The van der Waals surface area contributed by atoms with E-state index in [-0.39, 0.29) is 24.8 Å². The van der Waals surface area contributed by atoms with E-state index in [4.69, 9.17) is 14.2 Å². The number of hydrogen-bond donors (Lipinski definition) is 0. The van der Waals surface area contributed by atoms with Crippen LogP contribution in [0.5, 0.6) is 11.5 Å². The van der Waals surface area contributed by atoms with Gasteiger partial charge >= 0.3 is 5.97 Å². The largest absolute Gasteiger partial charge is 0.454 e. The topological polar surface area (TPSA) is 65.1 Å². The summed E-state index contributed by atoms with van der Waals surface area (Å²) < 4.78 is 15.8. The quantitative estimate of drug-likeness (QED) is 0.585. The molecular weight excluding hydrogens is 322 g/mol. The van der Waals surface area contributed by atoms with Gasteiger partial charge in [-0.25, -0.2) is 4.79 Å². The minimum absolute atomic E-state index is 0.0397. The summed E-state index contributed by atoms with van der Waals surface area (Å²) in [6.07, 6.45) is 2.08. The monoisotopic (exact) mass is 347 g/mol. The van der Waals surface area contributed by atoms with E-state index in [2.05, 4.69) is 0 Å². The fraction of sp³-hybridized carbons (Fsp3) is 0.474. The van der Waals surface area contributed by atoms with Crippen molar-refractivity contribution in [3.8, 4) is 11.5 Å². The second kappa shape index (κ2) is 8.05. The SMILES string of the molecule is CC(OC(=O)/C=C/c1ccc2c(c1)OCO2)C(=O)N(C(C)C)C(C)C. The number of amides is 1. The van der Waals surface area contributed by atoms with Crippen LogP contribution in [0.1, 0.15) is 40.2 Å². The van der Waals surface area contributed by atoms with Crippen LogP contribution < -0.4 is 9.47 Å². The minimum Gasteiger partial charge on any atom is -0.454 e. The summed E-state index contributed by atoms with van der Waals surface area (Å²) in [6.45, 7) is 9.54. The summed E-state index contributed by atoms with van der Waals surface area (Å²) in [4.78, 5) is 26.2. The highest BCUT2D eigenvalue weighted by atomic mass is 16.7. The predicted molar refractivity (Wildman–Crippen MR) is 94.3 cm³/mol. The molecule has 1 atom stereocenters. The Morgan fingerprint density at radius 2 is 1.72 bits per heavy atom. The summed E-state index contributed by atoms with van der Waals surface area (Å²) in [5.41, 5.74) is 0.783. The lowest BCUT2D eigenvalue weighted by Crippen LogP contribution is -2.47. The molecule has 0 saturated heterocycles. The maximum absolute atomic E-state index is 12.5.